The molecule has 1 aromatic carbocycles. The standard InChI is InChI=1S/C17H23NO3/c1-3-5-6-14(4-2)17(21)18-15-10-7-13(8-11-15)9-12-16(19)20/h7-12,14H,3-6H2,1-2H3,(H,18,21)(H,19,20)/b12-9+. The monoisotopic (exact) mass is 289 g/mol. The van der Waals surface area contributed by atoms with Crippen molar-refractivity contribution in [1.29, 1.82) is 0 Å². The molecule has 1 amide bonds. The molecule has 0 bridgehead atoms. The van der Waals surface area contributed by atoms with E-state index in [0.717, 1.165) is 43.0 Å². The molecule has 0 aromatic heterocycles. The Hall–Kier alpha value is -2.10. The molecule has 114 valence electrons. The highest BCUT2D eigenvalue weighted by molar-refractivity contribution is 5.92. The molecule has 0 aliphatic rings. The van der Waals surface area contributed by atoms with E-state index in [-0.39, 0.29) is 11.8 Å². The van der Waals surface area contributed by atoms with Crippen LogP contribution in [0.25, 0.3) is 6.08 Å². The first-order valence-corrected chi connectivity index (χ1v) is 7.38. The van der Waals surface area contributed by atoms with Crippen LogP contribution in [0.2, 0.25) is 0 Å². The molecule has 0 fully saturated rings. The zero-order valence-corrected chi connectivity index (χ0v) is 12.6. The van der Waals surface area contributed by atoms with Gasteiger partial charge in [0.15, 0.2) is 0 Å². The number of unbranched alkanes of at least 4 members (excludes halogenated alkanes) is 1. The maximum Gasteiger partial charge on any atom is 0.328 e. The van der Waals surface area contributed by atoms with Crippen LogP contribution in [0, 0.1) is 5.92 Å². The number of rotatable bonds is 8. The van der Waals surface area contributed by atoms with Crippen LogP contribution in [0.4, 0.5) is 5.69 Å². The predicted molar refractivity (Wildman–Crippen MR) is 85.0 cm³/mol. The number of carbonyl (C=O) groups is 2. The quantitative estimate of drug-likeness (QED) is 0.712. The number of aliphatic carboxylic acids is 1. The topological polar surface area (TPSA) is 66.4 Å². The van der Waals surface area contributed by atoms with Gasteiger partial charge in [-0.1, -0.05) is 38.8 Å². The highest BCUT2D eigenvalue weighted by Crippen LogP contribution is 2.17. The fourth-order valence-electron chi connectivity index (χ4n) is 2.06. The van der Waals surface area contributed by atoms with Crippen LogP contribution in [0.3, 0.4) is 0 Å². The van der Waals surface area contributed by atoms with Crippen LogP contribution >= 0.6 is 0 Å². The predicted octanol–water partition coefficient (Wildman–Crippen LogP) is 3.94. The maximum atomic E-state index is 12.1. The molecule has 4 heteroatoms. The van der Waals surface area contributed by atoms with Gasteiger partial charge in [-0.2, -0.15) is 0 Å². The molecule has 0 saturated carbocycles. The Balaban J connectivity index is 2.62. The van der Waals surface area contributed by atoms with Crippen LogP contribution in [0.1, 0.15) is 45.1 Å². The second-order valence-corrected chi connectivity index (χ2v) is 5.03. The first-order chi connectivity index (χ1) is 10.1. The Labute approximate surface area is 125 Å². The van der Waals surface area contributed by atoms with E-state index in [2.05, 4.69) is 12.2 Å². The van der Waals surface area contributed by atoms with Gasteiger partial charge in [0.25, 0.3) is 0 Å². The molecular formula is C17H23NO3. The number of carbonyl (C=O) groups excluding carboxylic acids is 1. The molecule has 0 aliphatic carbocycles. The smallest absolute Gasteiger partial charge is 0.328 e. The van der Waals surface area contributed by atoms with Crippen LogP contribution in [-0.4, -0.2) is 17.0 Å². The third-order valence-electron chi connectivity index (χ3n) is 3.37. The first kappa shape index (κ1) is 17.0. The summed E-state index contributed by atoms with van der Waals surface area (Å²) in [5.41, 5.74) is 1.52. The highest BCUT2D eigenvalue weighted by Gasteiger charge is 2.15. The second kappa shape index (κ2) is 8.95. The van der Waals surface area contributed by atoms with Gasteiger partial charge < -0.3 is 10.4 Å². The summed E-state index contributed by atoms with van der Waals surface area (Å²) in [6.07, 6.45) is 6.51. The second-order valence-electron chi connectivity index (χ2n) is 5.03. The van der Waals surface area contributed by atoms with Gasteiger partial charge in [-0.3, -0.25) is 4.79 Å². The molecule has 0 spiro atoms. The number of carboxylic acids is 1. The van der Waals surface area contributed by atoms with Gasteiger partial charge >= 0.3 is 5.97 Å². The van der Waals surface area contributed by atoms with E-state index in [9.17, 15) is 9.59 Å². The summed E-state index contributed by atoms with van der Waals surface area (Å²) in [5.74, 6) is -0.870. The number of hydrogen-bond acceptors (Lipinski definition) is 2. The molecule has 2 N–H and O–H groups in total. The van der Waals surface area contributed by atoms with Crippen LogP contribution in [0.5, 0.6) is 0 Å². The number of hydrogen-bond donors (Lipinski definition) is 2. The van der Waals surface area contributed by atoms with E-state index in [0.29, 0.717) is 0 Å². The lowest BCUT2D eigenvalue weighted by Gasteiger charge is -2.14. The fourth-order valence-corrected chi connectivity index (χ4v) is 2.06. The summed E-state index contributed by atoms with van der Waals surface area (Å²) in [7, 11) is 0. The van der Waals surface area contributed by atoms with Crippen molar-refractivity contribution < 1.29 is 14.7 Å². The van der Waals surface area contributed by atoms with Gasteiger partial charge in [0.05, 0.1) is 0 Å². The van der Waals surface area contributed by atoms with Crippen molar-refractivity contribution >= 4 is 23.6 Å². The van der Waals surface area contributed by atoms with Crippen molar-refractivity contribution in [2.75, 3.05) is 5.32 Å². The van der Waals surface area contributed by atoms with Crippen LogP contribution < -0.4 is 5.32 Å². The first-order valence-electron chi connectivity index (χ1n) is 7.38. The minimum Gasteiger partial charge on any atom is -0.478 e. The third kappa shape index (κ3) is 6.25. The van der Waals surface area contributed by atoms with Gasteiger partial charge in [0.2, 0.25) is 5.91 Å². The van der Waals surface area contributed by atoms with Crippen molar-refractivity contribution in [3.63, 3.8) is 0 Å². The van der Waals surface area contributed by atoms with E-state index < -0.39 is 5.97 Å². The van der Waals surface area contributed by atoms with Crippen LogP contribution in [-0.2, 0) is 9.59 Å². The van der Waals surface area contributed by atoms with Gasteiger partial charge in [0, 0.05) is 17.7 Å². The normalized spacial score (nSPS) is 12.3. The Kier molecular flexibility index (Phi) is 7.23. The van der Waals surface area contributed by atoms with Crippen molar-refractivity contribution in [1.82, 2.24) is 0 Å². The molecule has 1 atom stereocenters. The molecule has 4 nitrogen and oxygen atoms in total. The molecule has 0 saturated heterocycles. The van der Waals surface area contributed by atoms with Gasteiger partial charge in [-0.15, -0.1) is 0 Å². The van der Waals surface area contributed by atoms with Gasteiger partial charge in [0.1, 0.15) is 0 Å². The third-order valence-corrected chi connectivity index (χ3v) is 3.37. The maximum absolute atomic E-state index is 12.1. The minimum absolute atomic E-state index is 0.0523. The highest BCUT2D eigenvalue weighted by atomic mass is 16.4. The Bertz CT molecular complexity index is 491. The largest absolute Gasteiger partial charge is 0.478 e. The summed E-state index contributed by atoms with van der Waals surface area (Å²) < 4.78 is 0. The Morgan fingerprint density at radius 2 is 1.90 bits per heavy atom. The van der Waals surface area contributed by atoms with Gasteiger partial charge in [-0.05, 0) is 36.6 Å². The number of carboxylic acid groups (broad SMARTS) is 1. The Morgan fingerprint density at radius 3 is 2.43 bits per heavy atom. The molecule has 1 unspecified atom stereocenters. The average Bonchev–Trinajstić information content (AvgIpc) is 2.47. The lowest BCUT2D eigenvalue weighted by molar-refractivity contribution is -0.131. The van der Waals surface area contributed by atoms with Crippen molar-refractivity contribution in [3.8, 4) is 0 Å². The molecule has 0 aliphatic heterocycles. The molecule has 1 rings (SSSR count). The summed E-state index contributed by atoms with van der Waals surface area (Å²) >= 11 is 0. The molecule has 0 heterocycles. The molecule has 21 heavy (non-hydrogen) atoms. The fraction of sp³-hybridized carbons (Fsp3) is 0.412. The molecule has 0 radical (unpaired) electrons. The van der Waals surface area contributed by atoms with Gasteiger partial charge in [-0.25, -0.2) is 4.79 Å². The lowest BCUT2D eigenvalue weighted by Crippen LogP contribution is -2.22. The van der Waals surface area contributed by atoms with Crippen molar-refractivity contribution in [2.24, 2.45) is 5.92 Å². The number of benzene rings is 1. The summed E-state index contributed by atoms with van der Waals surface area (Å²) in [4.78, 5) is 22.6. The average molecular weight is 289 g/mol. The lowest BCUT2D eigenvalue weighted by atomic mass is 9.98. The summed E-state index contributed by atoms with van der Waals surface area (Å²) in [6.45, 7) is 4.15. The number of nitrogens with one attached hydrogen (secondary N) is 1. The van der Waals surface area contributed by atoms with Crippen LogP contribution in [0.15, 0.2) is 30.3 Å². The van der Waals surface area contributed by atoms with E-state index >= 15 is 0 Å². The zero-order chi connectivity index (χ0) is 15.7. The van der Waals surface area contributed by atoms with E-state index in [1.807, 2.05) is 6.92 Å². The minimum atomic E-state index is -0.978. The van der Waals surface area contributed by atoms with Crippen molar-refractivity contribution in [3.05, 3.63) is 35.9 Å². The molecular weight excluding hydrogens is 266 g/mol. The SMILES string of the molecule is CCCCC(CC)C(=O)Nc1ccc(/C=C/C(=O)O)cc1. The summed E-state index contributed by atoms with van der Waals surface area (Å²) in [5, 5.41) is 11.5. The number of amides is 1. The van der Waals surface area contributed by atoms with E-state index in [1.54, 1.807) is 24.3 Å². The van der Waals surface area contributed by atoms with E-state index in [4.69, 9.17) is 5.11 Å². The number of anilines is 1. The van der Waals surface area contributed by atoms with E-state index in [1.165, 1.54) is 6.08 Å². The Morgan fingerprint density at radius 1 is 1.24 bits per heavy atom. The summed E-state index contributed by atoms with van der Waals surface area (Å²) in [6, 6.07) is 7.13. The molecule has 1 aromatic rings. The zero-order valence-electron chi connectivity index (χ0n) is 12.6. The van der Waals surface area contributed by atoms with Crippen molar-refractivity contribution in [2.45, 2.75) is 39.5 Å².